The fraction of sp³-hybridized carbons (Fsp3) is 0.419. The molecule has 0 saturated heterocycles. The Kier molecular flexibility index (Phi) is 9.32. The summed E-state index contributed by atoms with van der Waals surface area (Å²) in [5, 5.41) is 6.05. The Labute approximate surface area is 245 Å². The average Bonchev–Trinajstić information content (AvgIpc) is 3.33. The van der Waals surface area contributed by atoms with Crippen LogP contribution in [0.2, 0.25) is 0 Å². The number of aromatic nitrogens is 1. The zero-order valence-electron chi connectivity index (χ0n) is 24.3. The summed E-state index contributed by atoms with van der Waals surface area (Å²) in [5.74, 6) is -0.780. The molecule has 218 valence electrons. The Morgan fingerprint density at radius 1 is 1.07 bits per heavy atom. The SMILES string of the molecule is COc1cccc(N(C(=O)c2snc(C(=O)NC3CCCCC3)c2N)[C@H](C(=O)NC(C)(C)C)c2ccc(C)cc2)c1. The summed E-state index contributed by atoms with van der Waals surface area (Å²) in [6, 6.07) is 13.4. The van der Waals surface area contributed by atoms with E-state index in [0.29, 0.717) is 17.0 Å². The van der Waals surface area contributed by atoms with E-state index >= 15 is 0 Å². The van der Waals surface area contributed by atoms with Gasteiger partial charge in [0.05, 0.1) is 12.8 Å². The third-order valence-corrected chi connectivity index (χ3v) is 7.88. The molecule has 1 fully saturated rings. The highest BCUT2D eigenvalue weighted by atomic mass is 32.1. The number of nitrogens with two attached hydrogens (primary N) is 1. The molecule has 1 saturated carbocycles. The lowest BCUT2D eigenvalue weighted by atomic mass is 9.95. The molecule has 1 atom stereocenters. The van der Waals surface area contributed by atoms with E-state index in [4.69, 9.17) is 10.5 Å². The van der Waals surface area contributed by atoms with Crippen LogP contribution in [-0.4, -0.2) is 40.8 Å². The number of nitrogen functional groups attached to an aromatic ring is 1. The Morgan fingerprint density at radius 2 is 1.76 bits per heavy atom. The molecular formula is C31H39N5O4S. The zero-order chi connectivity index (χ0) is 29.7. The van der Waals surface area contributed by atoms with Crippen molar-refractivity contribution in [2.75, 3.05) is 17.7 Å². The molecule has 0 unspecified atom stereocenters. The van der Waals surface area contributed by atoms with Gasteiger partial charge in [0.1, 0.15) is 16.7 Å². The number of amides is 3. The Morgan fingerprint density at radius 3 is 2.39 bits per heavy atom. The summed E-state index contributed by atoms with van der Waals surface area (Å²) >= 11 is 0.857. The molecule has 3 aromatic rings. The molecule has 10 heteroatoms. The van der Waals surface area contributed by atoms with Crippen LogP contribution < -0.4 is 26.0 Å². The molecule has 0 bridgehead atoms. The van der Waals surface area contributed by atoms with Gasteiger partial charge >= 0.3 is 0 Å². The predicted octanol–water partition coefficient (Wildman–Crippen LogP) is 5.41. The fourth-order valence-corrected chi connectivity index (χ4v) is 5.71. The van der Waals surface area contributed by atoms with Gasteiger partial charge in [-0.3, -0.25) is 19.3 Å². The van der Waals surface area contributed by atoms with Crippen molar-refractivity contribution in [3.8, 4) is 5.75 Å². The summed E-state index contributed by atoms with van der Waals surface area (Å²) in [6.45, 7) is 7.60. The zero-order valence-corrected chi connectivity index (χ0v) is 25.1. The Bertz CT molecular complexity index is 1390. The number of carbonyl (C=O) groups excluding carboxylic acids is 3. The van der Waals surface area contributed by atoms with Gasteiger partial charge in [-0.1, -0.05) is 55.2 Å². The molecule has 3 amide bonds. The van der Waals surface area contributed by atoms with Crippen LogP contribution in [0, 0.1) is 6.92 Å². The predicted molar refractivity (Wildman–Crippen MR) is 162 cm³/mol. The van der Waals surface area contributed by atoms with Crippen molar-refractivity contribution in [3.05, 3.63) is 70.2 Å². The highest BCUT2D eigenvalue weighted by Crippen LogP contribution is 2.35. The van der Waals surface area contributed by atoms with E-state index in [1.54, 1.807) is 24.3 Å². The minimum Gasteiger partial charge on any atom is -0.497 e. The average molecular weight is 578 g/mol. The molecule has 1 heterocycles. The van der Waals surface area contributed by atoms with Crippen molar-refractivity contribution in [2.45, 2.75) is 77.4 Å². The second kappa shape index (κ2) is 12.7. The minimum atomic E-state index is -1.05. The highest BCUT2D eigenvalue weighted by molar-refractivity contribution is 7.09. The molecule has 1 aromatic heterocycles. The molecule has 9 nitrogen and oxygen atoms in total. The first-order valence-electron chi connectivity index (χ1n) is 13.9. The maximum absolute atomic E-state index is 14.4. The lowest BCUT2D eigenvalue weighted by Gasteiger charge is -2.33. The Hall–Kier alpha value is -3.92. The normalized spacial score (nSPS) is 14.7. The number of anilines is 2. The molecule has 4 rings (SSSR count). The van der Waals surface area contributed by atoms with E-state index in [0.717, 1.165) is 49.2 Å². The van der Waals surface area contributed by atoms with E-state index in [1.807, 2.05) is 52.0 Å². The summed E-state index contributed by atoms with van der Waals surface area (Å²) in [5.41, 5.74) is 7.97. The van der Waals surface area contributed by atoms with Gasteiger partial charge in [0.15, 0.2) is 5.69 Å². The number of rotatable bonds is 8. The summed E-state index contributed by atoms with van der Waals surface area (Å²) < 4.78 is 9.73. The Balaban J connectivity index is 1.79. The first-order chi connectivity index (χ1) is 19.5. The molecule has 0 radical (unpaired) electrons. The lowest BCUT2D eigenvalue weighted by Crippen LogP contribution is -2.49. The molecular weight excluding hydrogens is 538 g/mol. The van der Waals surface area contributed by atoms with Gasteiger partial charge in [-0.15, -0.1) is 0 Å². The summed E-state index contributed by atoms with van der Waals surface area (Å²) in [4.78, 5) is 42.9. The number of carbonyl (C=O) groups is 3. The van der Waals surface area contributed by atoms with Crippen LogP contribution in [0.4, 0.5) is 11.4 Å². The highest BCUT2D eigenvalue weighted by Gasteiger charge is 2.37. The van der Waals surface area contributed by atoms with E-state index in [2.05, 4.69) is 15.0 Å². The summed E-state index contributed by atoms with van der Waals surface area (Å²) in [7, 11) is 1.54. The van der Waals surface area contributed by atoms with E-state index in [-0.39, 0.29) is 28.2 Å². The molecule has 41 heavy (non-hydrogen) atoms. The lowest BCUT2D eigenvalue weighted by molar-refractivity contribution is -0.123. The van der Waals surface area contributed by atoms with Crippen molar-refractivity contribution in [1.82, 2.24) is 15.0 Å². The number of hydrogen-bond donors (Lipinski definition) is 3. The van der Waals surface area contributed by atoms with Crippen molar-refractivity contribution in [1.29, 1.82) is 0 Å². The third kappa shape index (κ3) is 7.24. The molecule has 0 aliphatic heterocycles. The number of ether oxygens (including phenoxy) is 1. The number of nitrogens with zero attached hydrogens (tertiary/aromatic N) is 2. The van der Waals surface area contributed by atoms with Crippen LogP contribution >= 0.6 is 11.5 Å². The van der Waals surface area contributed by atoms with Crippen LogP contribution in [0.25, 0.3) is 0 Å². The molecule has 2 aromatic carbocycles. The van der Waals surface area contributed by atoms with Crippen molar-refractivity contribution in [3.63, 3.8) is 0 Å². The topological polar surface area (TPSA) is 127 Å². The number of nitrogens with one attached hydrogen (secondary N) is 2. The van der Waals surface area contributed by atoms with E-state index in [9.17, 15) is 14.4 Å². The van der Waals surface area contributed by atoms with E-state index in [1.165, 1.54) is 12.0 Å². The molecule has 0 spiro atoms. The van der Waals surface area contributed by atoms with Crippen LogP contribution in [0.15, 0.2) is 48.5 Å². The molecule has 1 aliphatic rings. The van der Waals surface area contributed by atoms with Gasteiger partial charge in [0, 0.05) is 23.3 Å². The van der Waals surface area contributed by atoms with Gasteiger partial charge in [-0.05, 0) is 69.8 Å². The first-order valence-corrected chi connectivity index (χ1v) is 14.7. The monoisotopic (exact) mass is 577 g/mol. The molecule has 1 aliphatic carbocycles. The van der Waals surface area contributed by atoms with Gasteiger partial charge in [0.2, 0.25) is 5.91 Å². The number of methoxy groups -OCH3 is 1. The number of hydrogen-bond acceptors (Lipinski definition) is 7. The van der Waals surface area contributed by atoms with Crippen LogP contribution in [0.5, 0.6) is 5.75 Å². The van der Waals surface area contributed by atoms with Crippen LogP contribution in [0.3, 0.4) is 0 Å². The van der Waals surface area contributed by atoms with Gasteiger partial charge in [-0.2, -0.15) is 4.37 Å². The van der Waals surface area contributed by atoms with Crippen molar-refractivity contribution < 1.29 is 19.1 Å². The maximum Gasteiger partial charge on any atom is 0.273 e. The maximum atomic E-state index is 14.4. The summed E-state index contributed by atoms with van der Waals surface area (Å²) in [6.07, 6.45) is 5.11. The number of benzene rings is 2. The largest absolute Gasteiger partial charge is 0.497 e. The minimum absolute atomic E-state index is 0.0000845. The van der Waals surface area contributed by atoms with Crippen LogP contribution in [0.1, 0.15) is 90.2 Å². The second-order valence-corrected chi connectivity index (χ2v) is 12.3. The second-order valence-electron chi connectivity index (χ2n) is 11.5. The van der Waals surface area contributed by atoms with E-state index < -0.39 is 23.4 Å². The standard InChI is InChI=1S/C31H39N5O4S/c1-19-14-16-20(17-15-19)26(29(38)34-31(2,3)4)36(22-12-9-13-23(18-22)40-5)30(39)27-24(32)25(35-41-27)28(37)33-21-10-7-6-8-11-21/h9,12-18,21,26H,6-8,10-11,32H2,1-5H3,(H,33,37)(H,34,38)/t26-/m0/s1. The number of aryl methyl sites for hydroxylation is 1. The van der Waals surface area contributed by atoms with Gasteiger partial charge in [-0.25, -0.2) is 0 Å². The van der Waals surface area contributed by atoms with Crippen molar-refractivity contribution >= 4 is 40.6 Å². The van der Waals surface area contributed by atoms with Crippen molar-refractivity contribution in [2.24, 2.45) is 0 Å². The van der Waals surface area contributed by atoms with Gasteiger partial charge < -0.3 is 21.1 Å². The van der Waals surface area contributed by atoms with Crippen LogP contribution in [-0.2, 0) is 4.79 Å². The third-order valence-electron chi connectivity index (χ3n) is 7.03. The fourth-order valence-electron chi connectivity index (χ4n) is 4.97. The smallest absolute Gasteiger partial charge is 0.273 e. The molecule has 4 N–H and O–H groups in total. The first kappa shape index (κ1) is 30.0. The quantitative estimate of drug-likeness (QED) is 0.329. The van der Waals surface area contributed by atoms with Gasteiger partial charge in [0.25, 0.3) is 11.8 Å².